The van der Waals surface area contributed by atoms with Crippen molar-refractivity contribution in [3.8, 4) is 0 Å². The fraction of sp³-hybridized carbons (Fsp3) is 0.125. The molecule has 0 saturated carbocycles. The van der Waals surface area contributed by atoms with Crippen LogP contribution in [0.2, 0.25) is 0 Å². The quantitative estimate of drug-likeness (QED) is 0.523. The van der Waals surface area contributed by atoms with E-state index in [0.717, 1.165) is 11.1 Å². The molecule has 0 fully saturated rings. The Kier molecular flexibility index (Phi) is 4.98. The van der Waals surface area contributed by atoms with Crippen LogP contribution in [0.5, 0.6) is 0 Å². The van der Waals surface area contributed by atoms with Crippen molar-refractivity contribution in [2.75, 3.05) is 0 Å². The third-order valence-electron chi connectivity index (χ3n) is 3.09. The minimum Gasteiger partial charge on any atom is -0.273 e. The van der Waals surface area contributed by atoms with Crippen LogP contribution in [0.3, 0.4) is 0 Å². The van der Waals surface area contributed by atoms with Crippen LogP contribution >= 0.6 is 0 Å². The molecule has 0 aliphatic carbocycles. The molecular formula is C16H15N3O3. The molecule has 0 aromatic heterocycles. The number of nitro benzene ring substituents is 1. The maximum Gasteiger partial charge on any atom is 0.269 e. The number of nitrogens with one attached hydrogen (secondary N) is 1. The smallest absolute Gasteiger partial charge is 0.269 e. The monoisotopic (exact) mass is 297 g/mol. The standard InChI is InChI=1S/C16H15N3O3/c1-12-4-2-3-5-14(12)11-17-18-16(20)10-13-6-8-15(9-7-13)19(21)22/h2-9,11H,10H2,1H3,(H,18,20). The van der Waals surface area contributed by atoms with Crippen LogP contribution in [0.25, 0.3) is 0 Å². The van der Waals surface area contributed by atoms with Crippen LogP contribution in [0, 0.1) is 17.0 Å². The minimum atomic E-state index is -0.476. The highest BCUT2D eigenvalue weighted by molar-refractivity contribution is 5.84. The van der Waals surface area contributed by atoms with Gasteiger partial charge in [-0.05, 0) is 23.6 Å². The summed E-state index contributed by atoms with van der Waals surface area (Å²) < 4.78 is 0. The molecule has 0 radical (unpaired) electrons. The SMILES string of the molecule is Cc1ccccc1C=NNC(=O)Cc1ccc([N+](=O)[O-])cc1. The zero-order valence-corrected chi connectivity index (χ0v) is 12.0. The zero-order chi connectivity index (χ0) is 15.9. The van der Waals surface area contributed by atoms with Crippen molar-refractivity contribution < 1.29 is 9.72 Å². The van der Waals surface area contributed by atoms with E-state index in [0.29, 0.717) is 5.56 Å². The van der Waals surface area contributed by atoms with Crippen molar-refractivity contribution in [3.63, 3.8) is 0 Å². The molecule has 6 heteroatoms. The molecule has 0 heterocycles. The van der Waals surface area contributed by atoms with E-state index in [1.54, 1.807) is 18.3 Å². The largest absolute Gasteiger partial charge is 0.273 e. The normalized spacial score (nSPS) is 10.6. The molecule has 0 atom stereocenters. The summed E-state index contributed by atoms with van der Waals surface area (Å²) in [4.78, 5) is 21.8. The van der Waals surface area contributed by atoms with Crippen LogP contribution in [-0.2, 0) is 11.2 Å². The first kappa shape index (κ1) is 15.4. The van der Waals surface area contributed by atoms with Crippen molar-refractivity contribution in [1.29, 1.82) is 0 Å². The molecule has 1 amide bonds. The summed E-state index contributed by atoms with van der Waals surface area (Å²) in [6.07, 6.45) is 1.70. The van der Waals surface area contributed by atoms with E-state index in [1.807, 2.05) is 31.2 Å². The molecule has 22 heavy (non-hydrogen) atoms. The Morgan fingerprint density at radius 3 is 2.55 bits per heavy atom. The van der Waals surface area contributed by atoms with Gasteiger partial charge in [-0.25, -0.2) is 5.43 Å². The number of rotatable bonds is 5. The molecule has 1 N–H and O–H groups in total. The first-order valence-corrected chi connectivity index (χ1v) is 6.67. The van der Waals surface area contributed by atoms with Gasteiger partial charge in [0.05, 0.1) is 17.6 Å². The lowest BCUT2D eigenvalue weighted by atomic mass is 10.1. The fourth-order valence-electron chi connectivity index (χ4n) is 1.87. The number of hydrogen-bond acceptors (Lipinski definition) is 4. The average molecular weight is 297 g/mol. The Morgan fingerprint density at radius 2 is 1.91 bits per heavy atom. The summed E-state index contributed by atoms with van der Waals surface area (Å²) in [7, 11) is 0. The number of nitrogens with zero attached hydrogens (tertiary/aromatic N) is 2. The van der Waals surface area contributed by atoms with Gasteiger partial charge in [0.2, 0.25) is 5.91 Å². The van der Waals surface area contributed by atoms with E-state index in [1.165, 1.54) is 12.1 Å². The number of amides is 1. The number of hydrazone groups is 1. The molecule has 2 aromatic carbocycles. The van der Waals surface area contributed by atoms with Gasteiger partial charge in [-0.15, -0.1) is 0 Å². The zero-order valence-electron chi connectivity index (χ0n) is 12.0. The Morgan fingerprint density at radius 1 is 1.23 bits per heavy atom. The number of carbonyl (C=O) groups excluding carboxylic acids is 1. The maximum absolute atomic E-state index is 11.7. The van der Waals surface area contributed by atoms with Crippen molar-refractivity contribution in [3.05, 3.63) is 75.3 Å². The summed E-state index contributed by atoms with van der Waals surface area (Å²) in [6.45, 7) is 1.96. The van der Waals surface area contributed by atoms with Crippen LogP contribution in [-0.4, -0.2) is 17.0 Å². The molecule has 112 valence electrons. The van der Waals surface area contributed by atoms with Crippen molar-refractivity contribution in [1.82, 2.24) is 5.43 Å². The first-order valence-electron chi connectivity index (χ1n) is 6.67. The van der Waals surface area contributed by atoms with Gasteiger partial charge in [-0.3, -0.25) is 14.9 Å². The molecule has 2 aromatic rings. The van der Waals surface area contributed by atoms with Crippen LogP contribution < -0.4 is 5.43 Å². The van der Waals surface area contributed by atoms with Gasteiger partial charge in [0.1, 0.15) is 0 Å². The molecule has 0 bridgehead atoms. The summed E-state index contributed by atoms with van der Waals surface area (Å²) in [5.74, 6) is -0.279. The molecule has 0 aliphatic rings. The molecule has 0 spiro atoms. The Balaban J connectivity index is 1.90. The number of benzene rings is 2. The molecule has 0 unspecified atom stereocenters. The van der Waals surface area contributed by atoms with Gasteiger partial charge >= 0.3 is 0 Å². The van der Waals surface area contributed by atoms with Crippen LogP contribution in [0.4, 0.5) is 5.69 Å². The molecule has 0 aliphatic heterocycles. The minimum absolute atomic E-state index is 0.00160. The number of aryl methyl sites for hydroxylation is 1. The van der Waals surface area contributed by atoms with Gasteiger partial charge in [-0.2, -0.15) is 5.10 Å². The van der Waals surface area contributed by atoms with Crippen molar-refractivity contribution in [2.24, 2.45) is 5.10 Å². The van der Waals surface area contributed by atoms with E-state index in [-0.39, 0.29) is 18.0 Å². The predicted molar refractivity (Wildman–Crippen MR) is 83.7 cm³/mol. The highest BCUT2D eigenvalue weighted by Crippen LogP contribution is 2.12. The highest BCUT2D eigenvalue weighted by Gasteiger charge is 2.06. The second-order valence-corrected chi connectivity index (χ2v) is 4.75. The van der Waals surface area contributed by atoms with Gasteiger partial charge < -0.3 is 0 Å². The lowest BCUT2D eigenvalue weighted by Crippen LogP contribution is -2.19. The summed E-state index contributed by atoms with van der Waals surface area (Å²) >= 11 is 0. The van der Waals surface area contributed by atoms with Gasteiger partial charge in [0, 0.05) is 12.1 Å². The fourth-order valence-corrected chi connectivity index (χ4v) is 1.87. The topological polar surface area (TPSA) is 84.6 Å². The number of hydrogen-bond donors (Lipinski definition) is 1. The van der Waals surface area contributed by atoms with E-state index >= 15 is 0 Å². The summed E-state index contributed by atoms with van der Waals surface area (Å²) in [6, 6.07) is 13.6. The average Bonchev–Trinajstić information content (AvgIpc) is 2.50. The van der Waals surface area contributed by atoms with Gasteiger partial charge in [0.15, 0.2) is 0 Å². The summed E-state index contributed by atoms with van der Waals surface area (Å²) in [5.41, 5.74) is 5.13. The first-order chi connectivity index (χ1) is 10.6. The maximum atomic E-state index is 11.7. The lowest BCUT2D eigenvalue weighted by molar-refractivity contribution is -0.384. The number of carbonyl (C=O) groups is 1. The van der Waals surface area contributed by atoms with E-state index in [4.69, 9.17) is 0 Å². The molecular weight excluding hydrogens is 282 g/mol. The molecule has 0 saturated heterocycles. The molecule has 6 nitrogen and oxygen atoms in total. The Labute approximate surface area is 127 Å². The third kappa shape index (κ3) is 4.24. The molecule has 2 rings (SSSR count). The Bertz CT molecular complexity index is 709. The van der Waals surface area contributed by atoms with Crippen LogP contribution in [0.1, 0.15) is 16.7 Å². The lowest BCUT2D eigenvalue weighted by Gasteiger charge is -2.01. The van der Waals surface area contributed by atoms with Crippen molar-refractivity contribution >= 4 is 17.8 Å². The predicted octanol–water partition coefficient (Wildman–Crippen LogP) is 2.60. The van der Waals surface area contributed by atoms with E-state index in [2.05, 4.69) is 10.5 Å². The van der Waals surface area contributed by atoms with Crippen molar-refractivity contribution in [2.45, 2.75) is 13.3 Å². The number of non-ortho nitro benzene ring substituents is 1. The van der Waals surface area contributed by atoms with Gasteiger partial charge in [0.25, 0.3) is 5.69 Å². The second kappa shape index (κ2) is 7.12. The second-order valence-electron chi connectivity index (χ2n) is 4.75. The summed E-state index contributed by atoms with van der Waals surface area (Å²) in [5, 5.41) is 14.5. The van der Waals surface area contributed by atoms with E-state index < -0.39 is 4.92 Å². The Hall–Kier alpha value is -3.02. The number of nitro groups is 1. The van der Waals surface area contributed by atoms with Gasteiger partial charge in [-0.1, -0.05) is 36.4 Å². The van der Waals surface area contributed by atoms with Crippen LogP contribution in [0.15, 0.2) is 53.6 Å². The highest BCUT2D eigenvalue weighted by atomic mass is 16.6. The third-order valence-corrected chi connectivity index (χ3v) is 3.09. The van der Waals surface area contributed by atoms with E-state index in [9.17, 15) is 14.9 Å².